The first-order valence-corrected chi connectivity index (χ1v) is 5.30. The molecule has 0 amide bonds. The minimum Gasteiger partial charge on any atom is -0.478 e. The number of aliphatic carboxylic acids is 1. The molecule has 0 heterocycles. The lowest BCUT2D eigenvalue weighted by atomic mass is 10.1. The van der Waals surface area contributed by atoms with Gasteiger partial charge in [0.25, 0.3) is 0 Å². The molecule has 0 spiro atoms. The molecule has 1 rings (SSSR count). The van der Waals surface area contributed by atoms with Crippen LogP contribution in [0.1, 0.15) is 24.5 Å². The van der Waals surface area contributed by atoms with E-state index in [-0.39, 0.29) is 0 Å². The molecule has 0 radical (unpaired) electrons. The lowest BCUT2D eigenvalue weighted by molar-refractivity contribution is -0.131. The monoisotopic (exact) mass is 220 g/mol. The summed E-state index contributed by atoms with van der Waals surface area (Å²) in [6, 6.07) is 7.62. The summed E-state index contributed by atoms with van der Waals surface area (Å²) in [7, 11) is 0. The topological polar surface area (TPSA) is 46.5 Å². The molecule has 16 heavy (non-hydrogen) atoms. The summed E-state index contributed by atoms with van der Waals surface area (Å²) in [4.78, 5) is 10.4. The second kappa shape index (κ2) is 6.80. The molecule has 1 N–H and O–H groups in total. The van der Waals surface area contributed by atoms with Crippen LogP contribution >= 0.6 is 0 Å². The van der Waals surface area contributed by atoms with E-state index in [9.17, 15) is 4.79 Å². The van der Waals surface area contributed by atoms with Crippen LogP contribution in [0.5, 0.6) is 0 Å². The van der Waals surface area contributed by atoms with Crippen LogP contribution in [0.4, 0.5) is 0 Å². The number of carboxylic acid groups (broad SMARTS) is 1. The smallest absolute Gasteiger partial charge is 0.328 e. The minimum absolute atomic E-state index is 0.522. The first-order valence-electron chi connectivity index (χ1n) is 5.30. The van der Waals surface area contributed by atoms with Crippen molar-refractivity contribution in [3.05, 3.63) is 41.5 Å². The summed E-state index contributed by atoms with van der Waals surface area (Å²) in [5.74, 6) is -0.940. The van der Waals surface area contributed by atoms with E-state index >= 15 is 0 Å². The number of hydrogen-bond donors (Lipinski definition) is 1. The predicted octanol–water partition coefficient (Wildman–Crippen LogP) is 2.71. The number of carbonyl (C=O) groups is 1. The van der Waals surface area contributed by atoms with Crippen LogP contribution in [-0.4, -0.2) is 17.7 Å². The van der Waals surface area contributed by atoms with Gasteiger partial charge in [-0.3, -0.25) is 0 Å². The lowest BCUT2D eigenvalue weighted by Gasteiger charge is -2.06. The molecule has 0 aliphatic heterocycles. The second-order valence-corrected chi connectivity index (χ2v) is 3.42. The molecule has 0 atom stereocenters. The highest BCUT2D eigenvalue weighted by Crippen LogP contribution is 2.12. The Morgan fingerprint density at radius 2 is 2.19 bits per heavy atom. The fraction of sp³-hybridized carbons (Fsp3) is 0.308. The molecule has 0 saturated carbocycles. The molecule has 0 saturated heterocycles. The number of carboxylic acids is 1. The third kappa shape index (κ3) is 4.28. The van der Waals surface area contributed by atoms with E-state index in [1.54, 1.807) is 6.08 Å². The largest absolute Gasteiger partial charge is 0.478 e. The van der Waals surface area contributed by atoms with E-state index in [0.29, 0.717) is 6.61 Å². The third-order valence-corrected chi connectivity index (χ3v) is 2.07. The second-order valence-electron chi connectivity index (χ2n) is 3.42. The average molecular weight is 220 g/mol. The van der Waals surface area contributed by atoms with E-state index in [1.165, 1.54) is 0 Å². The Balaban J connectivity index is 2.71. The van der Waals surface area contributed by atoms with E-state index in [2.05, 4.69) is 6.92 Å². The van der Waals surface area contributed by atoms with Crippen LogP contribution in [-0.2, 0) is 16.1 Å². The SMILES string of the molecule is CCCOCc1ccccc1C=CC(=O)O. The van der Waals surface area contributed by atoms with Gasteiger partial charge in [-0.25, -0.2) is 4.79 Å². The highest BCUT2D eigenvalue weighted by Gasteiger charge is 1.99. The number of hydrogen-bond acceptors (Lipinski definition) is 2. The Kier molecular flexibility index (Phi) is 5.29. The molecule has 86 valence electrons. The molecule has 3 heteroatoms. The maximum atomic E-state index is 10.4. The van der Waals surface area contributed by atoms with Crippen LogP contribution in [0.2, 0.25) is 0 Å². The average Bonchev–Trinajstić information content (AvgIpc) is 2.28. The van der Waals surface area contributed by atoms with Crippen molar-refractivity contribution in [2.75, 3.05) is 6.61 Å². The van der Waals surface area contributed by atoms with Gasteiger partial charge in [0, 0.05) is 12.7 Å². The first-order chi connectivity index (χ1) is 7.74. The minimum atomic E-state index is -0.940. The Morgan fingerprint density at radius 1 is 1.44 bits per heavy atom. The molecule has 0 aromatic heterocycles. The van der Waals surface area contributed by atoms with Gasteiger partial charge >= 0.3 is 5.97 Å². The Hall–Kier alpha value is -1.61. The fourth-order valence-electron chi connectivity index (χ4n) is 1.32. The van der Waals surface area contributed by atoms with Crippen molar-refractivity contribution in [3.63, 3.8) is 0 Å². The normalized spacial score (nSPS) is 10.8. The maximum absolute atomic E-state index is 10.4. The zero-order chi connectivity index (χ0) is 11.8. The van der Waals surface area contributed by atoms with E-state index in [0.717, 1.165) is 30.2 Å². The first kappa shape index (κ1) is 12.5. The highest BCUT2D eigenvalue weighted by atomic mass is 16.5. The van der Waals surface area contributed by atoms with Crippen molar-refractivity contribution in [2.45, 2.75) is 20.0 Å². The van der Waals surface area contributed by atoms with Gasteiger partial charge in [-0.05, 0) is 23.6 Å². The van der Waals surface area contributed by atoms with Crippen LogP contribution < -0.4 is 0 Å². The predicted molar refractivity (Wildman–Crippen MR) is 63.1 cm³/mol. The van der Waals surface area contributed by atoms with Gasteiger partial charge in [0.15, 0.2) is 0 Å². The molecule has 0 fully saturated rings. The van der Waals surface area contributed by atoms with Crippen LogP contribution in [0.3, 0.4) is 0 Å². The summed E-state index contributed by atoms with van der Waals surface area (Å²) in [5, 5.41) is 8.56. The van der Waals surface area contributed by atoms with Gasteiger partial charge in [0.1, 0.15) is 0 Å². The van der Waals surface area contributed by atoms with Gasteiger partial charge in [0.2, 0.25) is 0 Å². The van der Waals surface area contributed by atoms with Crippen molar-refractivity contribution in [2.24, 2.45) is 0 Å². The van der Waals surface area contributed by atoms with Crippen molar-refractivity contribution >= 4 is 12.0 Å². The zero-order valence-electron chi connectivity index (χ0n) is 9.35. The Labute approximate surface area is 95.4 Å². The van der Waals surface area contributed by atoms with Gasteiger partial charge in [-0.15, -0.1) is 0 Å². The lowest BCUT2D eigenvalue weighted by Crippen LogP contribution is -1.96. The van der Waals surface area contributed by atoms with Gasteiger partial charge in [0.05, 0.1) is 6.61 Å². The molecular weight excluding hydrogens is 204 g/mol. The van der Waals surface area contributed by atoms with Crippen LogP contribution in [0, 0.1) is 0 Å². The third-order valence-electron chi connectivity index (χ3n) is 2.07. The number of rotatable bonds is 6. The molecule has 0 aliphatic rings. The maximum Gasteiger partial charge on any atom is 0.328 e. The van der Waals surface area contributed by atoms with E-state index < -0.39 is 5.97 Å². The molecule has 0 bridgehead atoms. The van der Waals surface area contributed by atoms with Gasteiger partial charge in [-0.1, -0.05) is 31.2 Å². The summed E-state index contributed by atoms with van der Waals surface area (Å²) >= 11 is 0. The Morgan fingerprint density at radius 3 is 2.88 bits per heavy atom. The van der Waals surface area contributed by atoms with Gasteiger partial charge < -0.3 is 9.84 Å². The number of benzene rings is 1. The summed E-state index contributed by atoms with van der Waals surface area (Å²) in [6.07, 6.45) is 3.71. The molecule has 0 aliphatic carbocycles. The molecule has 1 aromatic rings. The summed E-state index contributed by atoms with van der Waals surface area (Å²) in [5.41, 5.74) is 1.90. The van der Waals surface area contributed by atoms with Crippen molar-refractivity contribution in [1.82, 2.24) is 0 Å². The standard InChI is InChI=1S/C13H16O3/c1-2-9-16-10-12-6-4-3-5-11(12)7-8-13(14)15/h3-8H,2,9-10H2,1H3,(H,14,15). The van der Waals surface area contributed by atoms with Crippen molar-refractivity contribution in [1.29, 1.82) is 0 Å². The summed E-state index contributed by atoms with van der Waals surface area (Å²) < 4.78 is 5.44. The quantitative estimate of drug-likeness (QED) is 0.592. The van der Waals surface area contributed by atoms with Crippen molar-refractivity contribution in [3.8, 4) is 0 Å². The van der Waals surface area contributed by atoms with E-state index in [4.69, 9.17) is 9.84 Å². The molecule has 1 aromatic carbocycles. The highest BCUT2D eigenvalue weighted by molar-refractivity contribution is 5.85. The van der Waals surface area contributed by atoms with E-state index in [1.807, 2.05) is 24.3 Å². The summed E-state index contributed by atoms with van der Waals surface area (Å²) in [6.45, 7) is 3.29. The zero-order valence-corrected chi connectivity index (χ0v) is 9.35. The molecular formula is C13H16O3. The van der Waals surface area contributed by atoms with Gasteiger partial charge in [-0.2, -0.15) is 0 Å². The van der Waals surface area contributed by atoms with Crippen molar-refractivity contribution < 1.29 is 14.6 Å². The molecule has 0 unspecified atom stereocenters. The number of ether oxygens (including phenoxy) is 1. The fourth-order valence-corrected chi connectivity index (χ4v) is 1.32. The van der Waals surface area contributed by atoms with Crippen LogP contribution in [0.25, 0.3) is 6.08 Å². The molecule has 3 nitrogen and oxygen atoms in total. The van der Waals surface area contributed by atoms with Crippen LogP contribution in [0.15, 0.2) is 30.3 Å². The Bertz CT molecular complexity index is 369.